The second-order valence-electron chi connectivity index (χ2n) is 4.43. The lowest BCUT2D eigenvalue weighted by atomic mass is 10.0. The van der Waals surface area contributed by atoms with Gasteiger partial charge in [-0.25, -0.2) is 0 Å². The fourth-order valence-electron chi connectivity index (χ4n) is 1.88. The molecule has 1 aliphatic rings. The van der Waals surface area contributed by atoms with Crippen LogP contribution in [0.25, 0.3) is 10.9 Å². The van der Waals surface area contributed by atoms with Gasteiger partial charge in [0.25, 0.3) is 0 Å². The fourth-order valence-corrected chi connectivity index (χ4v) is 2.07. The van der Waals surface area contributed by atoms with E-state index < -0.39 is 0 Å². The Morgan fingerprint density at radius 1 is 1.47 bits per heavy atom. The van der Waals surface area contributed by atoms with Crippen LogP contribution in [0.2, 0.25) is 5.15 Å². The standard InChI is InChI=1S/C11H12ClN3/c12-10-8-5-7(6-11(13)3-4-11)1-2-9(8)14-15-10/h1-2,5H,3-4,6,13H2,(H,14,15). The number of hydrogen-bond acceptors (Lipinski definition) is 2. The van der Waals surface area contributed by atoms with Gasteiger partial charge in [-0.15, -0.1) is 0 Å². The van der Waals surface area contributed by atoms with Crippen molar-refractivity contribution in [2.24, 2.45) is 5.73 Å². The summed E-state index contributed by atoms with van der Waals surface area (Å²) >= 11 is 5.98. The van der Waals surface area contributed by atoms with E-state index in [9.17, 15) is 0 Å². The molecule has 3 nitrogen and oxygen atoms in total. The van der Waals surface area contributed by atoms with Crippen LogP contribution in [-0.2, 0) is 6.42 Å². The molecule has 0 radical (unpaired) electrons. The minimum Gasteiger partial charge on any atom is -0.325 e. The molecule has 0 spiro atoms. The van der Waals surface area contributed by atoms with Gasteiger partial charge in [0.15, 0.2) is 0 Å². The quantitative estimate of drug-likeness (QED) is 0.817. The molecule has 1 aromatic heterocycles. The molecule has 0 atom stereocenters. The summed E-state index contributed by atoms with van der Waals surface area (Å²) in [4.78, 5) is 0. The van der Waals surface area contributed by atoms with Crippen molar-refractivity contribution in [3.63, 3.8) is 0 Å². The molecule has 1 saturated carbocycles. The molecule has 0 unspecified atom stereocenters. The van der Waals surface area contributed by atoms with Gasteiger partial charge in [-0.05, 0) is 37.0 Å². The SMILES string of the molecule is NC1(Cc2ccc3n[nH]c(Cl)c3c2)CC1. The summed E-state index contributed by atoms with van der Waals surface area (Å²) in [6, 6.07) is 6.14. The largest absolute Gasteiger partial charge is 0.325 e. The van der Waals surface area contributed by atoms with Crippen LogP contribution in [0.3, 0.4) is 0 Å². The number of aromatic amines is 1. The van der Waals surface area contributed by atoms with E-state index in [-0.39, 0.29) is 5.54 Å². The molecule has 3 rings (SSSR count). The molecular formula is C11H12ClN3. The van der Waals surface area contributed by atoms with E-state index >= 15 is 0 Å². The molecule has 1 heterocycles. The first-order chi connectivity index (χ1) is 7.16. The summed E-state index contributed by atoms with van der Waals surface area (Å²) in [5.41, 5.74) is 8.27. The zero-order chi connectivity index (χ0) is 10.5. The number of nitrogens with two attached hydrogens (primary N) is 1. The van der Waals surface area contributed by atoms with E-state index in [0.29, 0.717) is 5.15 Å². The van der Waals surface area contributed by atoms with Crippen LogP contribution in [0.15, 0.2) is 18.2 Å². The normalized spacial score (nSPS) is 18.3. The van der Waals surface area contributed by atoms with Crippen molar-refractivity contribution in [2.45, 2.75) is 24.8 Å². The van der Waals surface area contributed by atoms with E-state index in [4.69, 9.17) is 17.3 Å². The summed E-state index contributed by atoms with van der Waals surface area (Å²) in [6.07, 6.45) is 3.19. The highest BCUT2D eigenvalue weighted by atomic mass is 35.5. The Hall–Kier alpha value is -1.06. The van der Waals surface area contributed by atoms with E-state index in [2.05, 4.69) is 22.3 Å². The molecule has 1 aliphatic carbocycles. The Labute approximate surface area is 92.6 Å². The number of fused-ring (bicyclic) bond motifs is 1. The van der Waals surface area contributed by atoms with Crippen molar-refractivity contribution in [1.82, 2.24) is 10.2 Å². The van der Waals surface area contributed by atoms with E-state index in [1.165, 1.54) is 5.56 Å². The molecule has 3 N–H and O–H groups in total. The Morgan fingerprint density at radius 3 is 3.00 bits per heavy atom. The monoisotopic (exact) mass is 221 g/mol. The number of halogens is 1. The lowest BCUT2D eigenvalue weighted by molar-refractivity contribution is 0.673. The topological polar surface area (TPSA) is 54.7 Å². The summed E-state index contributed by atoms with van der Waals surface area (Å²) in [6.45, 7) is 0. The van der Waals surface area contributed by atoms with Crippen LogP contribution in [-0.4, -0.2) is 15.7 Å². The molecule has 78 valence electrons. The molecule has 2 aromatic rings. The van der Waals surface area contributed by atoms with Crippen molar-refractivity contribution in [3.8, 4) is 0 Å². The molecule has 1 fully saturated rings. The highest BCUT2D eigenvalue weighted by molar-refractivity contribution is 6.34. The summed E-state index contributed by atoms with van der Waals surface area (Å²) in [7, 11) is 0. The number of hydrogen-bond donors (Lipinski definition) is 2. The van der Waals surface area contributed by atoms with Gasteiger partial charge in [-0.1, -0.05) is 17.7 Å². The Bertz CT molecular complexity index is 514. The smallest absolute Gasteiger partial charge is 0.132 e. The van der Waals surface area contributed by atoms with Gasteiger partial charge < -0.3 is 5.73 Å². The number of nitrogens with one attached hydrogen (secondary N) is 1. The number of aromatic nitrogens is 2. The maximum atomic E-state index is 6.08. The minimum absolute atomic E-state index is 0.0455. The number of H-pyrrole nitrogens is 1. The third-order valence-corrected chi connectivity index (χ3v) is 3.31. The van der Waals surface area contributed by atoms with Crippen molar-refractivity contribution in [1.29, 1.82) is 0 Å². The molecule has 15 heavy (non-hydrogen) atoms. The first-order valence-corrected chi connectivity index (χ1v) is 5.46. The molecule has 0 aliphatic heterocycles. The van der Waals surface area contributed by atoms with Gasteiger partial charge in [-0.3, -0.25) is 5.10 Å². The summed E-state index contributed by atoms with van der Waals surface area (Å²) in [5.74, 6) is 0. The van der Waals surface area contributed by atoms with E-state index in [1.54, 1.807) is 0 Å². The predicted molar refractivity (Wildman–Crippen MR) is 61.0 cm³/mol. The van der Waals surface area contributed by atoms with Crippen LogP contribution in [0.5, 0.6) is 0 Å². The lowest BCUT2D eigenvalue weighted by Crippen LogP contribution is -2.24. The average Bonchev–Trinajstić information content (AvgIpc) is 2.82. The zero-order valence-corrected chi connectivity index (χ0v) is 9.01. The number of nitrogens with zero attached hydrogens (tertiary/aromatic N) is 1. The summed E-state index contributed by atoms with van der Waals surface area (Å²) in [5, 5.41) is 8.44. The van der Waals surface area contributed by atoms with Crippen molar-refractivity contribution in [3.05, 3.63) is 28.9 Å². The molecule has 4 heteroatoms. The third kappa shape index (κ3) is 1.62. The molecule has 0 bridgehead atoms. The average molecular weight is 222 g/mol. The van der Waals surface area contributed by atoms with Gasteiger partial charge in [0.05, 0.1) is 5.52 Å². The predicted octanol–water partition coefficient (Wildman–Crippen LogP) is 2.25. The molecule has 0 saturated heterocycles. The zero-order valence-electron chi connectivity index (χ0n) is 8.26. The van der Waals surface area contributed by atoms with Crippen molar-refractivity contribution < 1.29 is 0 Å². The summed E-state index contributed by atoms with van der Waals surface area (Å²) < 4.78 is 0. The number of benzene rings is 1. The van der Waals surface area contributed by atoms with Gasteiger partial charge in [0.1, 0.15) is 5.15 Å². The second kappa shape index (κ2) is 2.97. The van der Waals surface area contributed by atoms with Crippen LogP contribution in [0, 0.1) is 0 Å². The van der Waals surface area contributed by atoms with Crippen LogP contribution < -0.4 is 5.73 Å². The van der Waals surface area contributed by atoms with Crippen LogP contribution in [0.4, 0.5) is 0 Å². The second-order valence-corrected chi connectivity index (χ2v) is 4.81. The van der Waals surface area contributed by atoms with Crippen molar-refractivity contribution >= 4 is 22.5 Å². The highest BCUT2D eigenvalue weighted by Crippen LogP contribution is 2.36. The molecular weight excluding hydrogens is 210 g/mol. The third-order valence-electron chi connectivity index (χ3n) is 3.02. The van der Waals surface area contributed by atoms with Gasteiger partial charge >= 0.3 is 0 Å². The Balaban J connectivity index is 2.01. The number of rotatable bonds is 2. The van der Waals surface area contributed by atoms with Crippen LogP contribution >= 0.6 is 11.6 Å². The lowest BCUT2D eigenvalue weighted by Gasteiger charge is -2.07. The van der Waals surface area contributed by atoms with Gasteiger partial charge in [0, 0.05) is 10.9 Å². The molecule has 1 aromatic carbocycles. The highest BCUT2D eigenvalue weighted by Gasteiger charge is 2.37. The molecule has 0 amide bonds. The van der Waals surface area contributed by atoms with Gasteiger partial charge in [0.2, 0.25) is 0 Å². The first kappa shape index (κ1) is 9.19. The van der Waals surface area contributed by atoms with E-state index in [1.807, 2.05) is 6.07 Å². The first-order valence-electron chi connectivity index (χ1n) is 5.08. The van der Waals surface area contributed by atoms with Crippen LogP contribution in [0.1, 0.15) is 18.4 Å². The maximum absolute atomic E-state index is 6.08. The van der Waals surface area contributed by atoms with Crippen molar-refractivity contribution in [2.75, 3.05) is 0 Å². The Kier molecular flexibility index (Phi) is 1.82. The maximum Gasteiger partial charge on any atom is 0.132 e. The minimum atomic E-state index is 0.0455. The van der Waals surface area contributed by atoms with Gasteiger partial charge in [-0.2, -0.15) is 5.10 Å². The fraction of sp³-hybridized carbons (Fsp3) is 0.364. The van der Waals surface area contributed by atoms with E-state index in [0.717, 1.165) is 30.2 Å². The Morgan fingerprint density at radius 2 is 2.27 bits per heavy atom.